The van der Waals surface area contributed by atoms with Crippen LogP contribution in [0.4, 0.5) is 4.79 Å². The van der Waals surface area contributed by atoms with Crippen LogP contribution >= 0.6 is 0 Å². The maximum absolute atomic E-state index is 13.0. The highest BCUT2D eigenvalue weighted by atomic mass is 16.5. The molecule has 130 valence electrons. The molecule has 26 heavy (non-hydrogen) atoms. The molecule has 0 bridgehead atoms. The number of amides is 3. The van der Waals surface area contributed by atoms with Crippen LogP contribution in [0.3, 0.4) is 0 Å². The van der Waals surface area contributed by atoms with Crippen molar-refractivity contribution < 1.29 is 14.3 Å². The first-order chi connectivity index (χ1) is 12.6. The molecule has 6 heteroatoms. The minimum Gasteiger partial charge on any atom is -0.492 e. The molecule has 1 heterocycles. The van der Waals surface area contributed by atoms with Crippen molar-refractivity contribution in [2.75, 3.05) is 13.2 Å². The normalized spacial score (nSPS) is 20.8. The van der Waals surface area contributed by atoms with Gasteiger partial charge in [0.2, 0.25) is 0 Å². The Labute approximate surface area is 151 Å². The lowest BCUT2D eigenvalue weighted by molar-refractivity contribution is -0.131. The molecular weight excluding hydrogens is 330 g/mol. The van der Waals surface area contributed by atoms with Crippen LogP contribution < -0.4 is 10.1 Å². The Bertz CT molecular complexity index is 917. The first-order valence-corrected chi connectivity index (χ1v) is 8.49. The third-order valence-electron chi connectivity index (χ3n) is 4.99. The zero-order valence-corrected chi connectivity index (χ0v) is 14.1. The van der Waals surface area contributed by atoms with E-state index in [2.05, 4.69) is 5.32 Å². The van der Waals surface area contributed by atoms with Crippen LogP contribution in [-0.2, 0) is 16.8 Å². The molecule has 2 aromatic carbocycles. The molecule has 0 aromatic heterocycles. The van der Waals surface area contributed by atoms with E-state index in [9.17, 15) is 9.59 Å². The number of carbonyl (C=O) groups excluding carboxylic acids is 2. The fourth-order valence-corrected chi connectivity index (χ4v) is 3.67. The molecule has 1 aliphatic heterocycles. The summed E-state index contributed by atoms with van der Waals surface area (Å²) in [7, 11) is 0. The molecule has 4 rings (SSSR count). The number of fused-ring (bicyclic) bond motifs is 2. The number of urea groups is 1. The molecular formula is C20H17N3O3. The van der Waals surface area contributed by atoms with Crippen LogP contribution in [0, 0.1) is 11.3 Å². The highest BCUT2D eigenvalue weighted by Crippen LogP contribution is 2.41. The first kappa shape index (κ1) is 16.2. The van der Waals surface area contributed by atoms with Gasteiger partial charge >= 0.3 is 6.03 Å². The number of benzene rings is 2. The van der Waals surface area contributed by atoms with Crippen molar-refractivity contribution in [3.05, 3.63) is 65.2 Å². The van der Waals surface area contributed by atoms with Crippen LogP contribution in [0.15, 0.2) is 48.5 Å². The molecule has 1 aliphatic carbocycles. The van der Waals surface area contributed by atoms with Gasteiger partial charge in [-0.2, -0.15) is 5.26 Å². The first-order valence-electron chi connectivity index (χ1n) is 8.49. The molecule has 3 amide bonds. The predicted molar refractivity (Wildman–Crippen MR) is 93.3 cm³/mol. The number of hydrogen-bond acceptors (Lipinski definition) is 4. The van der Waals surface area contributed by atoms with Crippen molar-refractivity contribution in [1.29, 1.82) is 5.26 Å². The molecule has 0 saturated carbocycles. The lowest BCUT2D eigenvalue weighted by Crippen LogP contribution is -2.42. The molecule has 1 fully saturated rings. The summed E-state index contributed by atoms with van der Waals surface area (Å²) in [6.45, 7) is 0.372. The van der Waals surface area contributed by atoms with Crippen molar-refractivity contribution >= 4 is 11.9 Å². The second-order valence-corrected chi connectivity index (χ2v) is 6.43. The molecule has 1 saturated heterocycles. The Morgan fingerprint density at radius 1 is 1.15 bits per heavy atom. The summed E-state index contributed by atoms with van der Waals surface area (Å²) >= 11 is 0. The minimum atomic E-state index is -0.928. The average molecular weight is 347 g/mol. The minimum absolute atomic E-state index is 0.175. The van der Waals surface area contributed by atoms with Gasteiger partial charge in [-0.3, -0.25) is 9.69 Å². The number of nitriles is 1. The summed E-state index contributed by atoms with van der Waals surface area (Å²) in [5.41, 5.74) is 1.63. The van der Waals surface area contributed by atoms with E-state index >= 15 is 0 Å². The Morgan fingerprint density at radius 2 is 1.92 bits per heavy atom. The Kier molecular flexibility index (Phi) is 3.85. The highest BCUT2D eigenvalue weighted by Gasteiger charge is 2.54. The van der Waals surface area contributed by atoms with Crippen LogP contribution in [-0.4, -0.2) is 30.0 Å². The molecule has 6 nitrogen and oxygen atoms in total. The summed E-state index contributed by atoms with van der Waals surface area (Å²) in [5.74, 6) is 0.382. The standard InChI is InChI=1S/C20H17N3O3/c21-13-14-5-7-16(8-6-14)26-12-11-23-18(24)20(22-19(23)25)10-9-15-3-1-2-4-17(15)20/h1-8H,9-12H2,(H,22,25)/t20-/m1/s1. The van der Waals surface area contributed by atoms with E-state index in [0.717, 1.165) is 17.5 Å². The van der Waals surface area contributed by atoms with Crippen molar-refractivity contribution in [3.63, 3.8) is 0 Å². The number of ether oxygens (including phenoxy) is 1. The molecule has 2 aliphatic rings. The van der Waals surface area contributed by atoms with E-state index in [0.29, 0.717) is 17.7 Å². The number of nitrogens with one attached hydrogen (secondary N) is 1. The van der Waals surface area contributed by atoms with Gasteiger partial charge in [0.15, 0.2) is 0 Å². The molecule has 1 N–H and O–H groups in total. The molecule has 0 unspecified atom stereocenters. The Hall–Kier alpha value is -3.33. The van der Waals surface area contributed by atoms with Gasteiger partial charge < -0.3 is 10.1 Å². The Balaban J connectivity index is 1.44. The number of aryl methyl sites for hydroxylation is 1. The van der Waals surface area contributed by atoms with E-state index in [-0.39, 0.29) is 25.1 Å². The fourth-order valence-electron chi connectivity index (χ4n) is 3.67. The lowest BCUT2D eigenvalue weighted by atomic mass is 9.92. The van der Waals surface area contributed by atoms with Gasteiger partial charge in [-0.1, -0.05) is 24.3 Å². The lowest BCUT2D eigenvalue weighted by Gasteiger charge is -2.22. The number of carbonyl (C=O) groups is 2. The van der Waals surface area contributed by atoms with Gasteiger partial charge in [-0.05, 0) is 48.2 Å². The summed E-state index contributed by atoms with van der Waals surface area (Å²) in [6, 6.07) is 16.1. The number of rotatable bonds is 4. The largest absolute Gasteiger partial charge is 0.492 e. The van der Waals surface area contributed by atoms with Crippen molar-refractivity contribution in [2.45, 2.75) is 18.4 Å². The van der Waals surface area contributed by atoms with Gasteiger partial charge in [-0.25, -0.2) is 4.79 Å². The quantitative estimate of drug-likeness (QED) is 0.861. The van der Waals surface area contributed by atoms with Gasteiger partial charge in [0, 0.05) is 0 Å². The van der Waals surface area contributed by atoms with Crippen LogP contribution in [0.25, 0.3) is 0 Å². The van der Waals surface area contributed by atoms with E-state index in [1.807, 2.05) is 30.3 Å². The summed E-state index contributed by atoms with van der Waals surface area (Å²) in [5, 5.41) is 11.7. The highest BCUT2D eigenvalue weighted by molar-refractivity contribution is 6.08. The summed E-state index contributed by atoms with van der Waals surface area (Å²) < 4.78 is 5.60. The van der Waals surface area contributed by atoms with E-state index in [1.165, 1.54) is 4.90 Å². The van der Waals surface area contributed by atoms with Gasteiger partial charge in [0.25, 0.3) is 5.91 Å². The zero-order chi connectivity index (χ0) is 18.1. The number of nitrogens with zero attached hydrogens (tertiary/aromatic N) is 2. The topological polar surface area (TPSA) is 82.4 Å². The second kappa shape index (κ2) is 6.19. The molecule has 1 spiro atoms. The van der Waals surface area contributed by atoms with Crippen molar-refractivity contribution in [3.8, 4) is 11.8 Å². The number of imide groups is 1. The summed E-state index contributed by atoms with van der Waals surface area (Å²) in [4.78, 5) is 26.6. The SMILES string of the molecule is N#Cc1ccc(OCCN2C(=O)N[C@@]3(CCc4ccccc43)C2=O)cc1. The smallest absolute Gasteiger partial charge is 0.325 e. The van der Waals surface area contributed by atoms with Crippen LogP contribution in [0.2, 0.25) is 0 Å². The monoisotopic (exact) mass is 347 g/mol. The van der Waals surface area contributed by atoms with E-state index < -0.39 is 5.54 Å². The Morgan fingerprint density at radius 3 is 2.69 bits per heavy atom. The molecule has 0 radical (unpaired) electrons. The van der Waals surface area contributed by atoms with Crippen LogP contribution in [0.1, 0.15) is 23.1 Å². The van der Waals surface area contributed by atoms with E-state index in [4.69, 9.17) is 10.00 Å². The predicted octanol–water partition coefficient (Wildman–Crippen LogP) is 2.33. The van der Waals surface area contributed by atoms with Gasteiger partial charge in [0.05, 0.1) is 18.2 Å². The van der Waals surface area contributed by atoms with Crippen molar-refractivity contribution in [1.82, 2.24) is 10.2 Å². The molecule has 2 aromatic rings. The maximum atomic E-state index is 13.0. The zero-order valence-electron chi connectivity index (χ0n) is 14.1. The third kappa shape index (κ3) is 2.49. The average Bonchev–Trinajstić information content (AvgIpc) is 3.15. The van der Waals surface area contributed by atoms with Crippen molar-refractivity contribution in [2.24, 2.45) is 0 Å². The second-order valence-electron chi connectivity index (χ2n) is 6.43. The van der Waals surface area contributed by atoms with E-state index in [1.54, 1.807) is 24.3 Å². The summed E-state index contributed by atoms with van der Waals surface area (Å²) in [6.07, 6.45) is 1.36. The van der Waals surface area contributed by atoms with Gasteiger partial charge in [0.1, 0.15) is 17.9 Å². The van der Waals surface area contributed by atoms with Gasteiger partial charge in [-0.15, -0.1) is 0 Å². The van der Waals surface area contributed by atoms with Crippen LogP contribution in [0.5, 0.6) is 5.75 Å². The third-order valence-corrected chi connectivity index (χ3v) is 4.99. The molecule has 1 atom stereocenters. The number of hydrogen-bond donors (Lipinski definition) is 1. The fraction of sp³-hybridized carbons (Fsp3) is 0.250. The maximum Gasteiger partial charge on any atom is 0.325 e.